The standard InChI is InChI=1S/C18H17N3O2/c1-12-3-5-15(6-4-12)17-11-16(21-23-17)18(22)20-13(2)14-7-9-19-10-8-14/h3-11,13H,1-2H3,(H,20,22). The maximum atomic E-state index is 12.3. The van der Waals surface area contributed by atoms with Crippen molar-refractivity contribution < 1.29 is 9.32 Å². The first kappa shape index (κ1) is 15.0. The monoisotopic (exact) mass is 307 g/mol. The summed E-state index contributed by atoms with van der Waals surface area (Å²) in [4.78, 5) is 16.2. The van der Waals surface area contributed by atoms with Crippen molar-refractivity contribution >= 4 is 5.91 Å². The van der Waals surface area contributed by atoms with Crippen LogP contribution in [0.4, 0.5) is 0 Å². The molecule has 0 spiro atoms. The second-order valence-electron chi connectivity index (χ2n) is 5.42. The van der Waals surface area contributed by atoms with Crippen LogP contribution in [-0.2, 0) is 0 Å². The second kappa shape index (κ2) is 6.44. The first-order chi connectivity index (χ1) is 11.1. The molecule has 5 heteroatoms. The van der Waals surface area contributed by atoms with Gasteiger partial charge in [0.1, 0.15) is 0 Å². The van der Waals surface area contributed by atoms with Crippen LogP contribution in [-0.4, -0.2) is 16.0 Å². The van der Waals surface area contributed by atoms with Crippen molar-refractivity contribution in [2.75, 3.05) is 0 Å². The van der Waals surface area contributed by atoms with E-state index >= 15 is 0 Å². The number of nitrogens with zero attached hydrogens (tertiary/aromatic N) is 2. The van der Waals surface area contributed by atoms with Crippen molar-refractivity contribution in [1.82, 2.24) is 15.5 Å². The van der Waals surface area contributed by atoms with Gasteiger partial charge in [-0.05, 0) is 31.5 Å². The fourth-order valence-electron chi connectivity index (χ4n) is 2.24. The second-order valence-corrected chi connectivity index (χ2v) is 5.42. The topological polar surface area (TPSA) is 68.0 Å². The van der Waals surface area contributed by atoms with Crippen molar-refractivity contribution in [3.8, 4) is 11.3 Å². The fourth-order valence-corrected chi connectivity index (χ4v) is 2.24. The Morgan fingerprint density at radius 3 is 2.52 bits per heavy atom. The minimum Gasteiger partial charge on any atom is -0.355 e. The molecule has 0 fully saturated rings. The van der Waals surface area contributed by atoms with E-state index in [1.807, 2.05) is 50.2 Å². The van der Waals surface area contributed by atoms with E-state index in [0.29, 0.717) is 5.76 Å². The molecular weight excluding hydrogens is 290 g/mol. The lowest BCUT2D eigenvalue weighted by atomic mass is 10.1. The van der Waals surface area contributed by atoms with Gasteiger partial charge >= 0.3 is 0 Å². The average molecular weight is 307 g/mol. The predicted molar refractivity (Wildman–Crippen MR) is 86.8 cm³/mol. The van der Waals surface area contributed by atoms with Crippen LogP contribution in [0.3, 0.4) is 0 Å². The first-order valence-electron chi connectivity index (χ1n) is 7.38. The third kappa shape index (κ3) is 3.45. The molecule has 1 aromatic carbocycles. The number of pyridine rings is 1. The van der Waals surface area contributed by atoms with Gasteiger partial charge in [0.2, 0.25) is 0 Å². The SMILES string of the molecule is Cc1ccc(-c2cc(C(=O)NC(C)c3ccncc3)no2)cc1. The summed E-state index contributed by atoms with van der Waals surface area (Å²) in [6.45, 7) is 3.93. The zero-order valence-corrected chi connectivity index (χ0v) is 13.0. The summed E-state index contributed by atoms with van der Waals surface area (Å²) in [6, 6.07) is 13.1. The summed E-state index contributed by atoms with van der Waals surface area (Å²) >= 11 is 0. The lowest BCUT2D eigenvalue weighted by molar-refractivity contribution is 0.0931. The Morgan fingerprint density at radius 1 is 1.13 bits per heavy atom. The number of aromatic nitrogens is 2. The summed E-state index contributed by atoms with van der Waals surface area (Å²) < 4.78 is 5.28. The van der Waals surface area contributed by atoms with Crippen molar-refractivity contribution in [3.05, 3.63) is 71.7 Å². The zero-order valence-electron chi connectivity index (χ0n) is 13.0. The van der Waals surface area contributed by atoms with E-state index in [9.17, 15) is 4.79 Å². The molecule has 0 bridgehead atoms. The van der Waals surface area contributed by atoms with Gasteiger partial charge in [-0.3, -0.25) is 9.78 Å². The largest absolute Gasteiger partial charge is 0.355 e. The van der Waals surface area contributed by atoms with E-state index in [1.165, 1.54) is 0 Å². The number of rotatable bonds is 4. The zero-order chi connectivity index (χ0) is 16.2. The highest BCUT2D eigenvalue weighted by Crippen LogP contribution is 2.21. The molecule has 3 rings (SSSR count). The van der Waals surface area contributed by atoms with Crippen molar-refractivity contribution in [2.45, 2.75) is 19.9 Å². The number of amides is 1. The van der Waals surface area contributed by atoms with Gasteiger partial charge in [-0.25, -0.2) is 0 Å². The number of nitrogens with one attached hydrogen (secondary N) is 1. The Labute approximate surface area is 134 Å². The molecule has 0 saturated carbocycles. The van der Waals surface area contributed by atoms with Crippen LogP contribution in [0.5, 0.6) is 0 Å². The Bertz CT molecular complexity index is 795. The molecule has 1 unspecified atom stereocenters. The maximum absolute atomic E-state index is 12.3. The Kier molecular flexibility index (Phi) is 4.19. The summed E-state index contributed by atoms with van der Waals surface area (Å²) in [6.07, 6.45) is 3.40. The van der Waals surface area contributed by atoms with E-state index in [1.54, 1.807) is 18.5 Å². The minimum atomic E-state index is -0.267. The highest BCUT2D eigenvalue weighted by Gasteiger charge is 2.16. The molecular formula is C18H17N3O2. The van der Waals surface area contributed by atoms with Gasteiger partial charge in [-0.15, -0.1) is 0 Å². The minimum absolute atomic E-state index is 0.134. The van der Waals surface area contributed by atoms with E-state index in [-0.39, 0.29) is 17.6 Å². The lowest BCUT2D eigenvalue weighted by Gasteiger charge is -2.12. The van der Waals surface area contributed by atoms with Gasteiger partial charge in [-0.2, -0.15) is 0 Å². The molecule has 3 aromatic rings. The van der Waals surface area contributed by atoms with Crippen molar-refractivity contribution in [3.63, 3.8) is 0 Å². The molecule has 0 aliphatic carbocycles. The predicted octanol–water partition coefficient (Wildman–Crippen LogP) is 3.54. The van der Waals surface area contributed by atoms with E-state index < -0.39 is 0 Å². The number of hydrogen-bond acceptors (Lipinski definition) is 4. The number of carbonyl (C=O) groups is 1. The van der Waals surface area contributed by atoms with Crippen LogP contribution in [0.1, 0.15) is 34.6 Å². The molecule has 0 aliphatic rings. The number of aryl methyl sites for hydroxylation is 1. The third-order valence-electron chi connectivity index (χ3n) is 3.63. The molecule has 5 nitrogen and oxygen atoms in total. The highest BCUT2D eigenvalue weighted by atomic mass is 16.5. The lowest BCUT2D eigenvalue weighted by Crippen LogP contribution is -2.26. The van der Waals surface area contributed by atoms with Crippen LogP contribution in [0.15, 0.2) is 59.4 Å². The normalized spacial score (nSPS) is 11.9. The van der Waals surface area contributed by atoms with Crippen LogP contribution in [0, 0.1) is 6.92 Å². The number of benzene rings is 1. The molecule has 1 amide bonds. The van der Waals surface area contributed by atoms with Gasteiger partial charge in [-0.1, -0.05) is 35.0 Å². The quantitative estimate of drug-likeness (QED) is 0.800. The molecule has 23 heavy (non-hydrogen) atoms. The van der Waals surface area contributed by atoms with E-state index in [2.05, 4.69) is 15.5 Å². The van der Waals surface area contributed by atoms with Crippen LogP contribution >= 0.6 is 0 Å². The molecule has 0 saturated heterocycles. The summed E-state index contributed by atoms with van der Waals surface area (Å²) in [5.74, 6) is 0.308. The molecule has 1 N–H and O–H groups in total. The van der Waals surface area contributed by atoms with Crippen LogP contribution in [0.25, 0.3) is 11.3 Å². The molecule has 0 aliphatic heterocycles. The van der Waals surface area contributed by atoms with Gasteiger partial charge < -0.3 is 9.84 Å². The fraction of sp³-hybridized carbons (Fsp3) is 0.167. The smallest absolute Gasteiger partial charge is 0.273 e. The van der Waals surface area contributed by atoms with Crippen molar-refractivity contribution in [1.29, 1.82) is 0 Å². The average Bonchev–Trinajstić information content (AvgIpc) is 3.06. The van der Waals surface area contributed by atoms with Gasteiger partial charge in [0, 0.05) is 24.0 Å². The van der Waals surface area contributed by atoms with Crippen LogP contribution in [0.2, 0.25) is 0 Å². The highest BCUT2D eigenvalue weighted by molar-refractivity contribution is 5.93. The summed E-state index contributed by atoms with van der Waals surface area (Å²) in [7, 11) is 0. The van der Waals surface area contributed by atoms with Crippen molar-refractivity contribution in [2.24, 2.45) is 0 Å². The van der Waals surface area contributed by atoms with E-state index in [4.69, 9.17) is 4.52 Å². The molecule has 116 valence electrons. The molecule has 0 radical (unpaired) electrons. The first-order valence-corrected chi connectivity index (χ1v) is 7.38. The van der Waals surface area contributed by atoms with E-state index in [0.717, 1.165) is 16.7 Å². The Balaban J connectivity index is 1.72. The maximum Gasteiger partial charge on any atom is 0.273 e. The van der Waals surface area contributed by atoms with Gasteiger partial charge in [0.15, 0.2) is 11.5 Å². The third-order valence-corrected chi connectivity index (χ3v) is 3.63. The van der Waals surface area contributed by atoms with Gasteiger partial charge in [0.25, 0.3) is 5.91 Å². The molecule has 2 heterocycles. The van der Waals surface area contributed by atoms with Gasteiger partial charge in [0.05, 0.1) is 6.04 Å². The summed E-state index contributed by atoms with van der Waals surface area (Å²) in [5, 5.41) is 6.76. The number of carbonyl (C=O) groups excluding carboxylic acids is 1. The summed E-state index contributed by atoms with van der Waals surface area (Å²) in [5.41, 5.74) is 3.30. The Morgan fingerprint density at radius 2 is 1.83 bits per heavy atom. The Hall–Kier alpha value is -2.95. The van der Waals surface area contributed by atoms with Crippen LogP contribution < -0.4 is 5.32 Å². The molecule has 1 atom stereocenters. The molecule has 2 aromatic heterocycles. The number of hydrogen-bond donors (Lipinski definition) is 1.